The molecule has 1 aromatic carbocycles. The highest BCUT2D eigenvalue weighted by atomic mass is 16.5. The van der Waals surface area contributed by atoms with Crippen molar-refractivity contribution in [1.29, 1.82) is 0 Å². The molecule has 12 heteroatoms. The lowest BCUT2D eigenvalue weighted by Crippen LogP contribution is -2.55. The standard InChI is InChI=1S/C23H30BN5O6/c30-21(29-11-13-35-14-12-29)15-18(27-23(32)19-16-25-9-10-26-19)22(31)28-20(24(33)34)8-4-7-17-5-2-1-3-6-17/h1-3,5-6,9-10,16,18,20,33-34H,4,7-8,11-15H2,(H,27,32)(H,28,31)/t18?,20-/m0/s1. The normalized spacial score (nSPS) is 15.1. The van der Waals surface area contributed by atoms with E-state index in [4.69, 9.17) is 4.74 Å². The number of aromatic nitrogens is 2. The number of aryl methyl sites for hydroxylation is 1. The van der Waals surface area contributed by atoms with Crippen LogP contribution in [0.1, 0.15) is 35.3 Å². The smallest absolute Gasteiger partial charge is 0.426 e. The minimum atomic E-state index is -1.80. The zero-order chi connectivity index (χ0) is 25.0. The van der Waals surface area contributed by atoms with E-state index in [1.165, 1.54) is 18.6 Å². The predicted molar refractivity (Wildman–Crippen MR) is 127 cm³/mol. The fourth-order valence-corrected chi connectivity index (χ4v) is 3.72. The maximum Gasteiger partial charge on any atom is 0.475 e. The predicted octanol–water partition coefficient (Wildman–Crippen LogP) is -0.656. The lowest BCUT2D eigenvalue weighted by molar-refractivity contribution is -0.138. The van der Waals surface area contributed by atoms with Gasteiger partial charge in [-0.2, -0.15) is 0 Å². The van der Waals surface area contributed by atoms with Crippen LogP contribution in [0.2, 0.25) is 0 Å². The largest absolute Gasteiger partial charge is 0.475 e. The lowest BCUT2D eigenvalue weighted by Gasteiger charge is -2.29. The summed E-state index contributed by atoms with van der Waals surface area (Å²) in [5.41, 5.74) is 1.08. The Morgan fingerprint density at radius 3 is 2.49 bits per heavy atom. The number of carbonyl (C=O) groups excluding carboxylic acids is 3. The maximum atomic E-state index is 13.1. The topological polar surface area (TPSA) is 154 Å². The number of hydrogen-bond acceptors (Lipinski definition) is 8. The molecule has 1 saturated heterocycles. The van der Waals surface area contributed by atoms with Gasteiger partial charge in [-0.3, -0.25) is 19.4 Å². The molecule has 1 unspecified atom stereocenters. The highest BCUT2D eigenvalue weighted by Crippen LogP contribution is 2.09. The van der Waals surface area contributed by atoms with Crippen molar-refractivity contribution < 1.29 is 29.2 Å². The molecule has 3 rings (SSSR count). The van der Waals surface area contributed by atoms with Gasteiger partial charge in [0.05, 0.1) is 31.8 Å². The van der Waals surface area contributed by atoms with Crippen LogP contribution in [-0.2, 0) is 20.7 Å². The molecule has 11 nitrogen and oxygen atoms in total. The number of nitrogens with zero attached hydrogens (tertiary/aromatic N) is 3. The zero-order valence-electron chi connectivity index (χ0n) is 19.4. The van der Waals surface area contributed by atoms with Crippen LogP contribution in [0, 0.1) is 0 Å². The number of nitrogens with one attached hydrogen (secondary N) is 2. The Morgan fingerprint density at radius 1 is 1.09 bits per heavy atom. The molecule has 4 N–H and O–H groups in total. The lowest BCUT2D eigenvalue weighted by atomic mass is 9.76. The van der Waals surface area contributed by atoms with Crippen LogP contribution >= 0.6 is 0 Å². The van der Waals surface area contributed by atoms with Gasteiger partial charge in [-0.25, -0.2) is 4.98 Å². The van der Waals surface area contributed by atoms with Crippen LogP contribution in [0.4, 0.5) is 0 Å². The fourth-order valence-electron chi connectivity index (χ4n) is 3.72. The Kier molecular flexibility index (Phi) is 10.1. The summed E-state index contributed by atoms with van der Waals surface area (Å²) in [7, 11) is -1.80. The van der Waals surface area contributed by atoms with Crippen molar-refractivity contribution in [2.24, 2.45) is 0 Å². The van der Waals surface area contributed by atoms with Crippen molar-refractivity contribution in [2.45, 2.75) is 37.7 Å². The molecule has 3 amide bonds. The number of rotatable bonds is 11. The molecule has 0 saturated carbocycles. The van der Waals surface area contributed by atoms with E-state index in [2.05, 4.69) is 20.6 Å². The number of amides is 3. The Balaban J connectivity index is 1.65. The molecular weight excluding hydrogens is 453 g/mol. The number of hydrogen-bond donors (Lipinski definition) is 4. The minimum Gasteiger partial charge on any atom is -0.426 e. The molecule has 1 aromatic heterocycles. The number of carbonyl (C=O) groups is 3. The summed E-state index contributed by atoms with van der Waals surface area (Å²) in [5, 5.41) is 24.8. The van der Waals surface area contributed by atoms with E-state index in [1.54, 1.807) is 4.90 Å². The van der Waals surface area contributed by atoms with Crippen molar-refractivity contribution in [1.82, 2.24) is 25.5 Å². The van der Waals surface area contributed by atoms with Crippen molar-refractivity contribution in [3.63, 3.8) is 0 Å². The first-order valence-corrected chi connectivity index (χ1v) is 11.6. The van der Waals surface area contributed by atoms with E-state index in [1.807, 2.05) is 30.3 Å². The van der Waals surface area contributed by atoms with Crippen molar-refractivity contribution in [3.8, 4) is 0 Å². The van der Waals surface area contributed by atoms with Gasteiger partial charge in [0, 0.05) is 25.5 Å². The molecule has 0 radical (unpaired) electrons. The van der Waals surface area contributed by atoms with Crippen molar-refractivity contribution in [3.05, 3.63) is 60.2 Å². The number of ether oxygens (including phenoxy) is 1. The van der Waals surface area contributed by atoms with Crippen LogP contribution in [-0.4, -0.2) is 88.0 Å². The summed E-state index contributed by atoms with van der Waals surface area (Å²) in [6.07, 6.45) is 5.28. The van der Waals surface area contributed by atoms with Crippen LogP contribution in [0.15, 0.2) is 48.9 Å². The Morgan fingerprint density at radius 2 is 1.83 bits per heavy atom. The summed E-state index contributed by atoms with van der Waals surface area (Å²) in [5.74, 6) is -2.65. The molecule has 2 heterocycles. The maximum absolute atomic E-state index is 13.1. The van der Waals surface area contributed by atoms with Crippen LogP contribution < -0.4 is 10.6 Å². The average molecular weight is 483 g/mol. The van der Waals surface area contributed by atoms with Crippen LogP contribution in [0.5, 0.6) is 0 Å². The molecule has 35 heavy (non-hydrogen) atoms. The first-order valence-electron chi connectivity index (χ1n) is 11.6. The van der Waals surface area contributed by atoms with Gasteiger partial charge in [0.15, 0.2) is 0 Å². The summed E-state index contributed by atoms with van der Waals surface area (Å²) < 4.78 is 5.26. The molecule has 0 bridgehead atoms. The average Bonchev–Trinajstić information content (AvgIpc) is 2.89. The van der Waals surface area contributed by atoms with E-state index in [9.17, 15) is 24.4 Å². The highest BCUT2D eigenvalue weighted by molar-refractivity contribution is 6.43. The summed E-state index contributed by atoms with van der Waals surface area (Å²) in [4.78, 5) is 47.8. The molecule has 1 aliphatic heterocycles. The van der Waals surface area contributed by atoms with Crippen molar-refractivity contribution >= 4 is 24.8 Å². The van der Waals surface area contributed by atoms with E-state index in [0.717, 1.165) is 5.56 Å². The quantitative estimate of drug-likeness (QED) is 0.308. The van der Waals surface area contributed by atoms with Gasteiger partial charge in [-0.15, -0.1) is 0 Å². The molecule has 186 valence electrons. The van der Waals surface area contributed by atoms with Crippen molar-refractivity contribution in [2.75, 3.05) is 26.3 Å². The third-order valence-corrected chi connectivity index (χ3v) is 5.67. The first kappa shape index (κ1) is 26.3. The Bertz CT molecular complexity index is 959. The molecule has 2 aromatic rings. The second kappa shape index (κ2) is 13.5. The Labute approximate surface area is 204 Å². The van der Waals surface area contributed by atoms with Gasteiger partial charge in [-0.05, 0) is 24.8 Å². The SMILES string of the molecule is O=C(NC(CC(=O)N1CCOCC1)C(=O)N[C@@H](CCCc1ccccc1)B(O)O)c1cnccn1. The first-order chi connectivity index (χ1) is 16.9. The van der Waals surface area contributed by atoms with Crippen LogP contribution in [0.3, 0.4) is 0 Å². The molecule has 2 atom stereocenters. The number of morpholine rings is 1. The van der Waals surface area contributed by atoms with Gasteiger partial charge in [0.2, 0.25) is 11.8 Å². The molecule has 1 fully saturated rings. The van der Waals surface area contributed by atoms with Gasteiger partial charge in [-0.1, -0.05) is 30.3 Å². The number of benzene rings is 1. The summed E-state index contributed by atoms with van der Waals surface area (Å²) in [6, 6.07) is 8.46. The summed E-state index contributed by atoms with van der Waals surface area (Å²) in [6.45, 7) is 1.58. The third kappa shape index (κ3) is 8.43. The molecule has 1 aliphatic rings. The third-order valence-electron chi connectivity index (χ3n) is 5.67. The second-order valence-electron chi connectivity index (χ2n) is 8.22. The Hall–Kier alpha value is -3.35. The molecule has 0 aliphatic carbocycles. The van der Waals surface area contributed by atoms with E-state index >= 15 is 0 Å². The van der Waals surface area contributed by atoms with E-state index in [-0.39, 0.29) is 18.0 Å². The van der Waals surface area contributed by atoms with Gasteiger partial charge in [0.1, 0.15) is 11.7 Å². The second-order valence-corrected chi connectivity index (χ2v) is 8.22. The van der Waals surface area contributed by atoms with Gasteiger partial charge >= 0.3 is 7.12 Å². The zero-order valence-corrected chi connectivity index (χ0v) is 19.4. The van der Waals surface area contributed by atoms with Gasteiger partial charge < -0.3 is 30.3 Å². The fraction of sp³-hybridized carbons (Fsp3) is 0.435. The van der Waals surface area contributed by atoms with E-state index in [0.29, 0.717) is 45.6 Å². The van der Waals surface area contributed by atoms with Gasteiger partial charge in [0.25, 0.3) is 5.91 Å². The van der Waals surface area contributed by atoms with E-state index < -0.39 is 30.9 Å². The monoisotopic (exact) mass is 483 g/mol. The highest BCUT2D eigenvalue weighted by Gasteiger charge is 2.32. The minimum absolute atomic E-state index is 0.00859. The molecular formula is C23H30BN5O6. The molecule has 0 spiro atoms. The summed E-state index contributed by atoms with van der Waals surface area (Å²) >= 11 is 0. The van der Waals surface area contributed by atoms with Crippen LogP contribution in [0.25, 0.3) is 0 Å².